The van der Waals surface area contributed by atoms with Gasteiger partial charge in [0, 0.05) is 13.1 Å². The third-order valence-electron chi connectivity index (χ3n) is 3.37. The Hall–Kier alpha value is -1.55. The van der Waals surface area contributed by atoms with Crippen molar-refractivity contribution >= 4 is 11.6 Å². The van der Waals surface area contributed by atoms with Gasteiger partial charge in [-0.05, 0) is 37.8 Å². The lowest BCUT2D eigenvalue weighted by Crippen LogP contribution is -2.47. The Balaban J connectivity index is 2.12. The Bertz CT molecular complexity index is 384. The van der Waals surface area contributed by atoms with Crippen LogP contribution < -0.4 is 11.3 Å². The van der Waals surface area contributed by atoms with E-state index >= 15 is 0 Å². The van der Waals surface area contributed by atoms with Crippen molar-refractivity contribution in [3.63, 3.8) is 0 Å². The fourth-order valence-corrected chi connectivity index (χ4v) is 1.93. The van der Waals surface area contributed by atoms with Crippen LogP contribution in [-0.4, -0.2) is 23.9 Å². The molecular formula is C13H20N4. The van der Waals surface area contributed by atoms with Gasteiger partial charge in [-0.25, -0.2) is 10.8 Å². The molecule has 4 nitrogen and oxygen atoms in total. The van der Waals surface area contributed by atoms with Gasteiger partial charge in [0.05, 0.1) is 5.69 Å². The van der Waals surface area contributed by atoms with Gasteiger partial charge in [0.15, 0.2) is 0 Å². The average molecular weight is 232 g/mol. The van der Waals surface area contributed by atoms with E-state index in [0.29, 0.717) is 6.04 Å². The lowest BCUT2D eigenvalue weighted by atomic mass is 10.2. The first-order valence-corrected chi connectivity index (χ1v) is 6.05. The van der Waals surface area contributed by atoms with Crippen molar-refractivity contribution in [3.05, 3.63) is 30.3 Å². The van der Waals surface area contributed by atoms with Crippen LogP contribution in [0.1, 0.15) is 19.8 Å². The molecule has 3 N–H and O–H groups in total. The van der Waals surface area contributed by atoms with E-state index in [1.165, 1.54) is 12.8 Å². The number of aliphatic imine (C=N–C) groups is 1. The maximum Gasteiger partial charge on any atom is 0.213 e. The molecule has 1 aromatic carbocycles. The van der Waals surface area contributed by atoms with E-state index in [4.69, 9.17) is 5.84 Å². The summed E-state index contributed by atoms with van der Waals surface area (Å²) < 4.78 is 0. The number of rotatable bonds is 3. The summed E-state index contributed by atoms with van der Waals surface area (Å²) in [5.41, 5.74) is 3.60. The van der Waals surface area contributed by atoms with Crippen molar-refractivity contribution in [1.82, 2.24) is 10.3 Å². The molecule has 1 saturated carbocycles. The second kappa shape index (κ2) is 5.19. The third kappa shape index (κ3) is 2.97. The summed E-state index contributed by atoms with van der Waals surface area (Å²) in [5, 5.41) is 0. The van der Waals surface area contributed by atoms with Crippen LogP contribution in [0, 0.1) is 5.92 Å². The number of hydrazine groups is 1. The summed E-state index contributed by atoms with van der Waals surface area (Å²) in [4.78, 5) is 6.63. The predicted octanol–water partition coefficient (Wildman–Crippen LogP) is 1.87. The van der Waals surface area contributed by atoms with E-state index in [9.17, 15) is 0 Å². The maximum atomic E-state index is 5.56. The third-order valence-corrected chi connectivity index (χ3v) is 3.37. The molecule has 1 aliphatic rings. The number of benzene rings is 1. The average Bonchev–Trinajstić information content (AvgIpc) is 3.19. The first kappa shape index (κ1) is 11.9. The Kier molecular flexibility index (Phi) is 3.64. The molecule has 17 heavy (non-hydrogen) atoms. The summed E-state index contributed by atoms with van der Waals surface area (Å²) in [7, 11) is 2.03. The van der Waals surface area contributed by atoms with Gasteiger partial charge in [-0.3, -0.25) is 5.43 Å². The van der Waals surface area contributed by atoms with E-state index in [1.807, 2.05) is 37.4 Å². The van der Waals surface area contributed by atoms with Gasteiger partial charge < -0.3 is 4.90 Å². The van der Waals surface area contributed by atoms with E-state index in [0.717, 1.165) is 17.6 Å². The number of nitrogens with zero attached hydrogens (tertiary/aromatic N) is 2. The second-order valence-electron chi connectivity index (χ2n) is 4.60. The summed E-state index contributed by atoms with van der Waals surface area (Å²) >= 11 is 0. The Labute approximate surface area is 102 Å². The maximum absolute atomic E-state index is 5.56. The van der Waals surface area contributed by atoms with Crippen LogP contribution in [0.2, 0.25) is 0 Å². The van der Waals surface area contributed by atoms with Crippen molar-refractivity contribution in [2.75, 3.05) is 7.05 Å². The Morgan fingerprint density at radius 2 is 2.06 bits per heavy atom. The minimum atomic E-state index is 0.480. The zero-order valence-corrected chi connectivity index (χ0v) is 10.4. The zero-order chi connectivity index (χ0) is 12.3. The first-order chi connectivity index (χ1) is 8.22. The zero-order valence-electron chi connectivity index (χ0n) is 10.4. The number of nitrogens with two attached hydrogens (primary N) is 1. The van der Waals surface area contributed by atoms with Crippen LogP contribution in [-0.2, 0) is 0 Å². The fraction of sp³-hybridized carbons (Fsp3) is 0.462. The van der Waals surface area contributed by atoms with Gasteiger partial charge in [-0.15, -0.1) is 0 Å². The summed E-state index contributed by atoms with van der Waals surface area (Å²) in [5.74, 6) is 7.06. The molecule has 4 heteroatoms. The van der Waals surface area contributed by atoms with Gasteiger partial charge in [-0.1, -0.05) is 18.2 Å². The smallest absolute Gasteiger partial charge is 0.213 e. The highest BCUT2D eigenvalue weighted by atomic mass is 15.4. The van der Waals surface area contributed by atoms with E-state index in [2.05, 4.69) is 22.2 Å². The molecule has 1 atom stereocenters. The molecule has 0 spiro atoms. The molecule has 92 valence electrons. The van der Waals surface area contributed by atoms with Crippen LogP contribution in [0.5, 0.6) is 0 Å². The molecule has 0 saturated heterocycles. The molecule has 2 rings (SSSR count). The molecule has 1 unspecified atom stereocenters. The monoisotopic (exact) mass is 232 g/mol. The van der Waals surface area contributed by atoms with Crippen molar-refractivity contribution in [1.29, 1.82) is 0 Å². The SMILES string of the molecule is CC(C1CC1)N(C)C(=Nc1ccccc1)NN. The normalized spacial score (nSPS) is 17.7. The quantitative estimate of drug-likeness (QED) is 0.362. The second-order valence-corrected chi connectivity index (χ2v) is 4.60. The number of hydrogen-bond donors (Lipinski definition) is 2. The molecule has 1 aromatic rings. The molecule has 0 radical (unpaired) electrons. The number of nitrogens with one attached hydrogen (secondary N) is 1. The van der Waals surface area contributed by atoms with Crippen LogP contribution in [0.3, 0.4) is 0 Å². The molecule has 0 aromatic heterocycles. The molecule has 0 heterocycles. The standard InChI is InChI=1S/C13H20N4/c1-10(11-8-9-11)17(2)13(16-14)15-12-6-4-3-5-7-12/h3-7,10-11H,8-9,14H2,1-2H3,(H,15,16). The number of hydrogen-bond acceptors (Lipinski definition) is 2. The van der Waals surface area contributed by atoms with E-state index in [-0.39, 0.29) is 0 Å². The molecule has 1 fully saturated rings. The minimum Gasteiger partial charge on any atom is -0.342 e. The lowest BCUT2D eigenvalue weighted by Gasteiger charge is -2.27. The van der Waals surface area contributed by atoms with Gasteiger partial charge in [-0.2, -0.15) is 0 Å². The van der Waals surface area contributed by atoms with Gasteiger partial charge in [0.25, 0.3) is 0 Å². The summed E-state index contributed by atoms with van der Waals surface area (Å²) in [6, 6.07) is 10.3. The van der Waals surface area contributed by atoms with E-state index < -0.39 is 0 Å². The van der Waals surface area contributed by atoms with Crippen LogP contribution >= 0.6 is 0 Å². The van der Waals surface area contributed by atoms with Gasteiger partial charge in [0.1, 0.15) is 0 Å². The van der Waals surface area contributed by atoms with Crippen molar-refractivity contribution in [3.8, 4) is 0 Å². The van der Waals surface area contributed by atoms with Crippen molar-refractivity contribution in [2.24, 2.45) is 16.8 Å². The van der Waals surface area contributed by atoms with Crippen LogP contribution in [0.15, 0.2) is 35.3 Å². The van der Waals surface area contributed by atoms with Crippen molar-refractivity contribution in [2.45, 2.75) is 25.8 Å². The van der Waals surface area contributed by atoms with E-state index in [1.54, 1.807) is 0 Å². The topological polar surface area (TPSA) is 53.6 Å². The van der Waals surface area contributed by atoms with Crippen LogP contribution in [0.25, 0.3) is 0 Å². The lowest BCUT2D eigenvalue weighted by molar-refractivity contribution is 0.343. The van der Waals surface area contributed by atoms with Gasteiger partial charge >= 0.3 is 0 Å². The Morgan fingerprint density at radius 1 is 1.41 bits per heavy atom. The molecule has 0 aliphatic heterocycles. The molecule has 1 aliphatic carbocycles. The van der Waals surface area contributed by atoms with Crippen LogP contribution in [0.4, 0.5) is 5.69 Å². The first-order valence-electron chi connectivity index (χ1n) is 6.05. The van der Waals surface area contributed by atoms with Gasteiger partial charge in [0.2, 0.25) is 5.96 Å². The summed E-state index contributed by atoms with van der Waals surface area (Å²) in [6.45, 7) is 2.22. The number of para-hydroxylation sites is 1. The summed E-state index contributed by atoms with van der Waals surface area (Å²) in [6.07, 6.45) is 2.63. The fourth-order valence-electron chi connectivity index (χ4n) is 1.93. The molecule has 0 amide bonds. The van der Waals surface area contributed by atoms with Crippen molar-refractivity contribution < 1.29 is 0 Å². The predicted molar refractivity (Wildman–Crippen MR) is 70.8 cm³/mol. The highest BCUT2D eigenvalue weighted by molar-refractivity contribution is 5.82. The molecular weight excluding hydrogens is 212 g/mol. The highest BCUT2D eigenvalue weighted by Crippen LogP contribution is 2.34. The minimum absolute atomic E-state index is 0.480. The Morgan fingerprint density at radius 3 is 2.59 bits per heavy atom. The number of guanidine groups is 1. The largest absolute Gasteiger partial charge is 0.342 e. The molecule has 0 bridgehead atoms. The highest BCUT2D eigenvalue weighted by Gasteiger charge is 2.31.